The van der Waals surface area contributed by atoms with E-state index >= 15 is 0 Å². The molecule has 1 aromatic rings. The van der Waals surface area contributed by atoms with E-state index in [-0.39, 0.29) is 30.9 Å². The number of hydrogen-bond donors (Lipinski definition) is 4. The van der Waals surface area contributed by atoms with Gasteiger partial charge in [-0.1, -0.05) is 0 Å². The predicted octanol–water partition coefficient (Wildman–Crippen LogP) is -0.616. The van der Waals surface area contributed by atoms with Gasteiger partial charge in [-0.05, 0) is 31.4 Å². The summed E-state index contributed by atoms with van der Waals surface area (Å²) in [5.74, 6) is -0.817. The van der Waals surface area contributed by atoms with Gasteiger partial charge in [-0.15, -0.1) is 0 Å². The van der Waals surface area contributed by atoms with Crippen LogP contribution in [0.2, 0.25) is 0 Å². The minimum Gasteiger partial charge on any atom is -0.394 e. The summed E-state index contributed by atoms with van der Waals surface area (Å²) in [6.07, 6.45) is 3.03. The number of rotatable bonds is 8. The van der Waals surface area contributed by atoms with Crippen molar-refractivity contribution >= 4 is 11.8 Å². The van der Waals surface area contributed by atoms with E-state index in [1.165, 1.54) is 6.20 Å². The molecule has 4 N–H and O–H groups in total. The summed E-state index contributed by atoms with van der Waals surface area (Å²) in [6, 6.07) is 1.28. The number of aliphatic hydroxyl groups is 2. The maximum Gasteiger partial charge on any atom is 0.253 e. The van der Waals surface area contributed by atoms with Crippen LogP contribution in [0.3, 0.4) is 0 Å². The third-order valence-electron chi connectivity index (χ3n) is 4.28. The van der Waals surface area contributed by atoms with E-state index in [1.807, 2.05) is 6.92 Å². The largest absolute Gasteiger partial charge is 0.394 e. The minimum absolute atomic E-state index is 0.0550. The molecule has 1 fully saturated rings. The van der Waals surface area contributed by atoms with E-state index in [1.54, 1.807) is 12.3 Å². The predicted molar refractivity (Wildman–Crippen MR) is 89.9 cm³/mol. The molecule has 25 heavy (non-hydrogen) atoms. The SMILES string of the molecule is Cc1ccncc1C(=O)N[C@H]1C[C@H](C(=O)NCCOCCO)C[C@@H]1O. The molecule has 2 amide bonds. The van der Waals surface area contributed by atoms with Crippen LogP contribution in [-0.4, -0.2) is 65.5 Å². The summed E-state index contributed by atoms with van der Waals surface area (Å²) in [5.41, 5.74) is 1.26. The van der Waals surface area contributed by atoms with Crippen LogP contribution in [0, 0.1) is 12.8 Å². The first-order valence-corrected chi connectivity index (χ1v) is 8.38. The Morgan fingerprint density at radius 3 is 2.88 bits per heavy atom. The highest BCUT2D eigenvalue weighted by Crippen LogP contribution is 2.26. The molecule has 0 bridgehead atoms. The average molecular weight is 351 g/mol. The molecule has 0 spiro atoms. The lowest BCUT2D eigenvalue weighted by Crippen LogP contribution is -2.40. The van der Waals surface area contributed by atoms with E-state index in [4.69, 9.17) is 9.84 Å². The van der Waals surface area contributed by atoms with Gasteiger partial charge < -0.3 is 25.6 Å². The number of aryl methyl sites for hydroxylation is 1. The number of ether oxygens (including phenoxy) is 1. The summed E-state index contributed by atoms with van der Waals surface area (Å²) in [7, 11) is 0. The number of hydrogen-bond acceptors (Lipinski definition) is 6. The summed E-state index contributed by atoms with van der Waals surface area (Å²) in [5, 5.41) is 24.3. The zero-order valence-corrected chi connectivity index (χ0v) is 14.3. The van der Waals surface area contributed by atoms with Gasteiger partial charge in [0.15, 0.2) is 0 Å². The van der Waals surface area contributed by atoms with Crippen molar-refractivity contribution in [1.82, 2.24) is 15.6 Å². The second kappa shape index (κ2) is 9.45. The Balaban J connectivity index is 1.81. The summed E-state index contributed by atoms with van der Waals surface area (Å²) < 4.78 is 5.07. The van der Waals surface area contributed by atoms with Crippen molar-refractivity contribution in [2.24, 2.45) is 5.92 Å². The van der Waals surface area contributed by atoms with Crippen molar-refractivity contribution in [2.75, 3.05) is 26.4 Å². The molecular weight excluding hydrogens is 326 g/mol. The van der Waals surface area contributed by atoms with Crippen LogP contribution >= 0.6 is 0 Å². The molecule has 1 saturated carbocycles. The molecule has 0 radical (unpaired) electrons. The molecule has 3 atom stereocenters. The van der Waals surface area contributed by atoms with E-state index < -0.39 is 12.1 Å². The Morgan fingerprint density at radius 2 is 2.16 bits per heavy atom. The molecule has 0 saturated heterocycles. The molecule has 138 valence electrons. The fourth-order valence-electron chi connectivity index (χ4n) is 2.89. The van der Waals surface area contributed by atoms with E-state index in [2.05, 4.69) is 15.6 Å². The van der Waals surface area contributed by atoms with Crippen LogP contribution in [-0.2, 0) is 9.53 Å². The molecule has 0 aromatic carbocycles. The number of nitrogens with zero attached hydrogens (tertiary/aromatic N) is 1. The van der Waals surface area contributed by atoms with Crippen LogP contribution in [0.25, 0.3) is 0 Å². The van der Waals surface area contributed by atoms with E-state index in [0.717, 1.165) is 5.56 Å². The highest BCUT2D eigenvalue weighted by Gasteiger charge is 2.37. The minimum atomic E-state index is -0.762. The second-order valence-electron chi connectivity index (χ2n) is 6.13. The van der Waals surface area contributed by atoms with Gasteiger partial charge in [0.25, 0.3) is 5.91 Å². The molecule has 8 nitrogen and oxygen atoms in total. The highest BCUT2D eigenvalue weighted by atomic mass is 16.5. The van der Waals surface area contributed by atoms with Gasteiger partial charge in [0, 0.05) is 24.9 Å². The molecule has 1 aromatic heterocycles. The third kappa shape index (κ3) is 5.48. The normalized spacial score (nSPS) is 22.6. The fraction of sp³-hybridized carbons (Fsp3) is 0.588. The number of aliphatic hydroxyl groups excluding tert-OH is 2. The van der Waals surface area contributed by atoms with Crippen LogP contribution in [0.5, 0.6) is 0 Å². The Kier molecular flexibility index (Phi) is 7.30. The lowest BCUT2D eigenvalue weighted by atomic mass is 10.1. The number of amides is 2. The quantitative estimate of drug-likeness (QED) is 0.464. The smallest absolute Gasteiger partial charge is 0.253 e. The third-order valence-corrected chi connectivity index (χ3v) is 4.28. The first kappa shape index (κ1) is 19.3. The molecule has 1 aliphatic rings. The summed E-state index contributed by atoms with van der Waals surface area (Å²) in [4.78, 5) is 28.4. The second-order valence-corrected chi connectivity index (χ2v) is 6.13. The first-order chi connectivity index (χ1) is 12.0. The van der Waals surface area contributed by atoms with Crippen molar-refractivity contribution < 1.29 is 24.5 Å². The van der Waals surface area contributed by atoms with Crippen LogP contribution in [0.4, 0.5) is 0 Å². The van der Waals surface area contributed by atoms with Gasteiger partial charge >= 0.3 is 0 Å². The van der Waals surface area contributed by atoms with E-state index in [9.17, 15) is 14.7 Å². The molecule has 1 heterocycles. The number of carbonyl (C=O) groups excluding carboxylic acids is 2. The standard InChI is InChI=1S/C17H25N3O5/c1-11-2-3-18-10-13(11)17(24)20-14-8-12(9-15(14)22)16(23)19-4-6-25-7-5-21/h2-3,10,12,14-15,21-22H,4-9H2,1H3,(H,19,23)(H,20,24)/t12-,14-,15-/m0/s1. The monoisotopic (exact) mass is 351 g/mol. The van der Waals surface area contributed by atoms with Crippen molar-refractivity contribution in [3.05, 3.63) is 29.6 Å². The maximum atomic E-state index is 12.3. The molecular formula is C17H25N3O5. The average Bonchev–Trinajstić information content (AvgIpc) is 2.95. The summed E-state index contributed by atoms with van der Waals surface area (Å²) >= 11 is 0. The molecule has 0 unspecified atom stereocenters. The van der Waals surface area contributed by atoms with Crippen molar-refractivity contribution in [3.63, 3.8) is 0 Å². The van der Waals surface area contributed by atoms with Gasteiger partial charge in [-0.25, -0.2) is 0 Å². The van der Waals surface area contributed by atoms with E-state index in [0.29, 0.717) is 31.6 Å². The van der Waals surface area contributed by atoms with Crippen LogP contribution in [0.1, 0.15) is 28.8 Å². The zero-order chi connectivity index (χ0) is 18.2. The Morgan fingerprint density at radius 1 is 1.36 bits per heavy atom. The number of nitrogens with one attached hydrogen (secondary N) is 2. The maximum absolute atomic E-state index is 12.3. The molecule has 0 aliphatic heterocycles. The van der Waals surface area contributed by atoms with Crippen molar-refractivity contribution in [1.29, 1.82) is 0 Å². The highest BCUT2D eigenvalue weighted by molar-refractivity contribution is 5.95. The Labute approximate surface area is 146 Å². The molecule has 1 aliphatic carbocycles. The van der Waals surface area contributed by atoms with Crippen molar-refractivity contribution in [3.8, 4) is 0 Å². The van der Waals surface area contributed by atoms with Gasteiger partial charge in [0.2, 0.25) is 5.91 Å². The number of carbonyl (C=O) groups is 2. The number of pyridine rings is 1. The Bertz CT molecular complexity index is 595. The van der Waals surface area contributed by atoms with Gasteiger partial charge in [0.05, 0.1) is 37.5 Å². The van der Waals surface area contributed by atoms with Gasteiger partial charge in [0.1, 0.15) is 0 Å². The fourth-order valence-corrected chi connectivity index (χ4v) is 2.89. The lowest BCUT2D eigenvalue weighted by molar-refractivity contribution is -0.125. The molecule has 8 heteroatoms. The Hall–Kier alpha value is -2.03. The summed E-state index contributed by atoms with van der Waals surface area (Å²) in [6.45, 7) is 2.66. The first-order valence-electron chi connectivity index (χ1n) is 8.38. The van der Waals surface area contributed by atoms with Gasteiger partial charge in [-0.2, -0.15) is 0 Å². The van der Waals surface area contributed by atoms with Crippen molar-refractivity contribution in [2.45, 2.75) is 31.9 Å². The van der Waals surface area contributed by atoms with Crippen LogP contribution < -0.4 is 10.6 Å². The zero-order valence-electron chi connectivity index (χ0n) is 14.3. The van der Waals surface area contributed by atoms with Gasteiger partial charge in [-0.3, -0.25) is 14.6 Å². The molecule has 2 rings (SSSR count). The number of aromatic nitrogens is 1. The topological polar surface area (TPSA) is 121 Å². The van der Waals surface area contributed by atoms with Crippen LogP contribution in [0.15, 0.2) is 18.5 Å². The lowest BCUT2D eigenvalue weighted by Gasteiger charge is -2.17.